The van der Waals surface area contributed by atoms with Crippen LogP contribution in [-0.2, 0) is 26.2 Å². The van der Waals surface area contributed by atoms with Crippen LogP contribution in [0.4, 0.5) is 5.69 Å². The van der Waals surface area contributed by atoms with E-state index in [4.69, 9.17) is 4.74 Å². The maximum atomic E-state index is 14.2. The molecule has 0 spiro atoms. The van der Waals surface area contributed by atoms with Gasteiger partial charge in [-0.15, -0.1) is 11.8 Å². The van der Waals surface area contributed by atoms with Gasteiger partial charge in [-0.25, -0.2) is 8.42 Å². The van der Waals surface area contributed by atoms with E-state index in [1.807, 2.05) is 65.1 Å². The van der Waals surface area contributed by atoms with E-state index in [1.54, 1.807) is 48.5 Å². The molecule has 3 rings (SSSR count). The van der Waals surface area contributed by atoms with Crippen molar-refractivity contribution in [2.45, 2.75) is 75.9 Å². The number of nitrogens with one attached hydrogen (secondary N) is 1. The van der Waals surface area contributed by atoms with Crippen LogP contribution >= 0.6 is 11.8 Å². The maximum absolute atomic E-state index is 14.2. The lowest BCUT2D eigenvalue weighted by atomic mass is 10.1. The minimum atomic E-state index is -4.15. The molecule has 0 aliphatic heterocycles. The Hall–Kier alpha value is -3.50. The first kappa shape index (κ1) is 34.0. The Morgan fingerprint density at radius 1 is 0.907 bits per heavy atom. The van der Waals surface area contributed by atoms with E-state index in [9.17, 15) is 18.0 Å². The van der Waals surface area contributed by atoms with Gasteiger partial charge in [-0.2, -0.15) is 0 Å². The summed E-state index contributed by atoms with van der Waals surface area (Å²) in [6.45, 7) is 9.73. The molecular weight excluding hydrogens is 583 g/mol. The van der Waals surface area contributed by atoms with Gasteiger partial charge >= 0.3 is 0 Å². The minimum absolute atomic E-state index is 0.0668. The standard InChI is InChI=1S/C33H43N3O5S2/c1-7-25(5)34-33(38)31(8-2)35(22-26-12-10-24(4)11-13-26)32(37)23-36(27-14-16-28(17-15-27)41-9-3)43(39,40)30-20-18-29(42-6)19-21-30/h10-21,25,31H,7-9,22-23H2,1-6H3,(H,34,38)/t25-,31-/m0/s1. The van der Waals surface area contributed by atoms with Gasteiger partial charge in [0.25, 0.3) is 10.0 Å². The summed E-state index contributed by atoms with van der Waals surface area (Å²) in [6.07, 6.45) is 3.03. The van der Waals surface area contributed by atoms with Gasteiger partial charge in [-0.05, 0) is 94.0 Å². The molecule has 0 bridgehead atoms. The highest BCUT2D eigenvalue weighted by molar-refractivity contribution is 7.98. The van der Waals surface area contributed by atoms with Crippen molar-refractivity contribution in [1.82, 2.24) is 10.2 Å². The zero-order valence-corrected chi connectivity index (χ0v) is 27.5. The van der Waals surface area contributed by atoms with E-state index >= 15 is 0 Å². The van der Waals surface area contributed by atoms with Gasteiger partial charge in [0.05, 0.1) is 17.2 Å². The molecule has 3 aromatic rings. The highest BCUT2D eigenvalue weighted by Crippen LogP contribution is 2.28. The van der Waals surface area contributed by atoms with Crippen molar-refractivity contribution >= 4 is 39.3 Å². The molecule has 43 heavy (non-hydrogen) atoms. The summed E-state index contributed by atoms with van der Waals surface area (Å²) in [7, 11) is -4.15. The SMILES string of the molecule is CCOc1ccc(N(CC(=O)N(Cc2ccc(C)cc2)[C@@H](CC)C(=O)N[C@@H](C)CC)S(=O)(=O)c2ccc(SC)cc2)cc1. The van der Waals surface area contributed by atoms with Crippen molar-refractivity contribution in [3.05, 3.63) is 83.9 Å². The molecule has 0 aromatic heterocycles. The summed E-state index contributed by atoms with van der Waals surface area (Å²) in [5.41, 5.74) is 2.23. The Kier molecular flexibility index (Phi) is 12.5. The Balaban J connectivity index is 2.06. The van der Waals surface area contributed by atoms with Gasteiger partial charge < -0.3 is 15.0 Å². The molecule has 0 radical (unpaired) electrons. The average molecular weight is 626 g/mol. The molecule has 0 aliphatic rings. The largest absolute Gasteiger partial charge is 0.494 e. The number of aryl methyl sites for hydroxylation is 1. The molecule has 2 atom stereocenters. The summed E-state index contributed by atoms with van der Waals surface area (Å²) >= 11 is 1.51. The van der Waals surface area contributed by atoms with Gasteiger partial charge in [0, 0.05) is 17.5 Å². The molecular formula is C33H43N3O5S2. The third kappa shape index (κ3) is 9.00. The molecule has 0 saturated heterocycles. The summed E-state index contributed by atoms with van der Waals surface area (Å²) in [5.74, 6) is -0.154. The predicted molar refractivity (Wildman–Crippen MR) is 174 cm³/mol. The number of rotatable bonds is 15. The van der Waals surface area contributed by atoms with Crippen molar-refractivity contribution in [1.29, 1.82) is 0 Å². The van der Waals surface area contributed by atoms with E-state index in [2.05, 4.69) is 5.32 Å². The van der Waals surface area contributed by atoms with Crippen molar-refractivity contribution < 1.29 is 22.7 Å². The first-order valence-electron chi connectivity index (χ1n) is 14.6. The van der Waals surface area contributed by atoms with Crippen LogP contribution in [0.3, 0.4) is 0 Å². The number of sulfonamides is 1. The van der Waals surface area contributed by atoms with E-state index in [1.165, 1.54) is 16.7 Å². The highest BCUT2D eigenvalue weighted by Gasteiger charge is 2.34. The predicted octanol–water partition coefficient (Wildman–Crippen LogP) is 6.03. The van der Waals surface area contributed by atoms with Crippen molar-refractivity contribution in [2.24, 2.45) is 0 Å². The van der Waals surface area contributed by atoms with Gasteiger partial charge in [-0.3, -0.25) is 13.9 Å². The van der Waals surface area contributed by atoms with Crippen molar-refractivity contribution in [3.63, 3.8) is 0 Å². The number of nitrogens with zero attached hydrogens (tertiary/aromatic N) is 2. The van der Waals surface area contributed by atoms with E-state index in [0.29, 0.717) is 24.5 Å². The van der Waals surface area contributed by atoms with Crippen LogP contribution in [0, 0.1) is 6.92 Å². The van der Waals surface area contributed by atoms with Crippen LogP contribution in [-0.4, -0.2) is 56.6 Å². The number of ether oxygens (including phenoxy) is 1. The molecule has 1 N–H and O–H groups in total. The van der Waals surface area contributed by atoms with Crippen LogP contribution < -0.4 is 14.4 Å². The van der Waals surface area contributed by atoms with Gasteiger partial charge in [0.2, 0.25) is 11.8 Å². The number of benzene rings is 3. The molecule has 0 saturated carbocycles. The number of carbonyl (C=O) groups excluding carboxylic acids is 2. The third-order valence-electron chi connectivity index (χ3n) is 7.22. The summed E-state index contributed by atoms with van der Waals surface area (Å²) in [5, 5.41) is 3.00. The van der Waals surface area contributed by atoms with Gasteiger partial charge in [0.1, 0.15) is 18.3 Å². The smallest absolute Gasteiger partial charge is 0.264 e. The number of anilines is 1. The van der Waals surface area contributed by atoms with E-state index in [-0.39, 0.29) is 23.4 Å². The van der Waals surface area contributed by atoms with Gasteiger partial charge in [0.15, 0.2) is 0 Å². The fraction of sp³-hybridized carbons (Fsp3) is 0.394. The zero-order valence-electron chi connectivity index (χ0n) is 25.9. The molecule has 0 aliphatic carbocycles. The van der Waals surface area contributed by atoms with Crippen LogP contribution in [0.15, 0.2) is 82.6 Å². The number of carbonyl (C=O) groups is 2. The Morgan fingerprint density at radius 2 is 1.53 bits per heavy atom. The maximum Gasteiger partial charge on any atom is 0.264 e. The second-order valence-electron chi connectivity index (χ2n) is 10.4. The summed E-state index contributed by atoms with van der Waals surface area (Å²) in [6, 6.07) is 20.1. The Bertz CT molecular complexity index is 1440. The van der Waals surface area contributed by atoms with E-state index in [0.717, 1.165) is 26.7 Å². The first-order chi connectivity index (χ1) is 20.5. The Morgan fingerprint density at radius 3 is 2.07 bits per heavy atom. The first-order valence-corrected chi connectivity index (χ1v) is 17.2. The quantitative estimate of drug-likeness (QED) is 0.207. The molecule has 3 aromatic carbocycles. The lowest BCUT2D eigenvalue weighted by Gasteiger charge is -2.33. The monoisotopic (exact) mass is 625 g/mol. The third-order valence-corrected chi connectivity index (χ3v) is 9.75. The second kappa shape index (κ2) is 15.8. The minimum Gasteiger partial charge on any atom is -0.494 e. The highest BCUT2D eigenvalue weighted by atomic mass is 32.2. The van der Waals surface area contributed by atoms with Crippen LogP contribution in [0.2, 0.25) is 0 Å². The van der Waals surface area contributed by atoms with Gasteiger partial charge in [-0.1, -0.05) is 43.7 Å². The van der Waals surface area contributed by atoms with Crippen LogP contribution in [0.1, 0.15) is 51.7 Å². The second-order valence-corrected chi connectivity index (χ2v) is 13.1. The molecule has 232 valence electrons. The molecule has 2 amide bonds. The molecule has 10 heteroatoms. The summed E-state index contributed by atoms with van der Waals surface area (Å²) in [4.78, 5) is 30.1. The molecule has 8 nitrogen and oxygen atoms in total. The number of thioether (sulfide) groups is 1. The lowest BCUT2D eigenvalue weighted by molar-refractivity contribution is -0.140. The molecule has 0 heterocycles. The fourth-order valence-electron chi connectivity index (χ4n) is 4.53. The van der Waals surface area contributed by atoms with Crippen LogP contribution in [0.25, 0.3) is 0 Å². The Labute approximate surface area is 260 Å². The summed E-state index contributed by atoms with van der Waals surface area (Å²) < 4.78 is 34.9. The average Bonchev–Trinajstić information content (AvgIpc) is 3.01. The lowest BCUT2D eigenvalue weighted by Crippen LogP contribution is -2.53. The van der Waals surface area contributed by atoms with Crippen molar-refractivity contribution in [2.75, 3.05) is 23.7 Å². The van der Waals surface area contributed by atoms with Crippen LogP contribution in [0.5, 0.6) is 5.75 Å². The van der Waals surface area contributed by atoms with Crippen molar-refractivity contribution in [3.8, 4) is 5.75 Å². The topological polar surface area (TPSA) is 96.0 Å². The number of hydrogen-bond acceptors (Lipinski definition) is 6. The fourth-order valence-corrected chi connectivity index (χ4v) is 6.35. The molecule has 0 fully saturated rings. The van der Waals surface area contributed by atoms with E-state index < -0.39 is 28.5 Å². The number of amides is 2. The normalized spacial score (nSPS) is 12.7. The number of hydrogen-bond donors (Lipinski definition) is 1. The molecule has 0 unspecified atom stereocenters. The zero-order chi connectivity index (χ0) is 31.6.